The Kier molecular flexibility index (Phi) is 4.55. The number of benzene rings is 1. The Morgan fingerprint density at radius 2 is 1.94 bits per heavy atom. The molecular formula is C16H23O2. The molecule has 0 spiro atoms. The molecule has 1 unspecified atom stereocenters. The van der Waals surface area contributed by atoms with Gasteiger partial charge >= 0.3 is 5.97 Å². The minimum atomic E-state index is -0.583. The van der Waals surface area contributed by atoms with Gasteiger partial charge in [-0.15, -0.1) is 0 Å². The Labute approximate surface area is 110 Å². The summed E-state index contributed by atoms with van der Waals surface area (Å²) in [7, 11) is 0. The number of carbonyl (C=O) groups is 1. The molecule has 0 aliphatic carbocycles. The summed E-state index contributed by atoms with van der Waals surface area (Å²) in [6.07, 6.45) is 1.76. The van der Waals surface area contributed by atoms with Crippen molar-refractivity contribution in [2.45, 2.75) is 53.1 Å². The van der Waals surface area contributed by atoms with Gasteiger partial charge in [0.25, 0.3) is 0 Å². The number of rotatable bonds is 4. The predicted molar refractivity (Wildman–Crippen MR) is 73.1 cm³/mol. The van der Waals surface area contributed by atoms with Gasteiger partial charge in [0.15, 0.2) is 0 Å². The van der Waals surface area contributed by atoms with Crippen molar-refractivity contribution in [1.82, 2.24) is 0 Å². The summed E-state index contributed by atoms with van der Waals surface area (Å²) >= 11 is 0. The highest BCUT2D eigenvalue weighted by Crippen LogP contribution is 2.32. The standard InChI is InChI=1S/C16H23O2/c1-6-12-16(5,13-10-8-7-9-11-13)18-14(17)15(2,3)4/h7-10H,6,12H2,1-5H3. The SMILES string of the molecule is CCCC(C)(OC(=O)C(C)(C)C)c1[c]cccc1. The van der Waals surface area contributed by atoms with E-state index in [-0.39, 0.29) is 5.97 Å². The maximum Gasteiger partial charge on any atom is 0.312 e. The molecule has 1 aromatic rings. The van der Waals surface area contributed by atoms with Crippen LogP contribution in [0.3, 0.4) is 0 Å². The summed E-state index contributed by atoms with van der Waals surface area (Å²) in [6, 6.07) is 10.9. The first-order chi connectivity index (χ1) is 8.29. The molecule has 1 atom stereocenters. The lowest BCUT2D eigenvalue weighted by atomic mass is 9.89. The Morgan fingerprint density at radius 1 is 1.28 bits per heavy atom. The molecule has 0 aromatic heterocycles. The molecule has 0 saturated heterocycles. The molecule has 0 aliphatic rings. The summed E-state index contributed by atoms with van der Waals surface area (Å²) in [5.74, 6) is -0.171. The van der Waals surface area contributed by atoms with E-state index < -0.39 is 11.0 Å². The lowest BCUT2D eigenvalue weighted by Gasteiger charge is -2.32. The molecule has 99 valence electrons. The zero-order valence-corrected chi connectivity index (χ0v) is 12.0. The Balaban J connectivity index is 2.98. The molecule has 1 radical (unpaired) electrons. The van der Waals surface area contributed by atoms with Gasteiger partial charge in [-0.1, -0.05) is 37.6 Å². The van der Waals surface area contributed by atoms with Crippen LogP contribution in [-0.2, 0) is 15.1 Å². The van der Waals surface area contributed by atoms with Gasteiger partial charge in [0.1, 0.15) is 5.60 Å². The van der Waals surface area contributed by atoms with Crippen LogP contribution in [0.4, 0.5) is 0 Å². The van der Waals surface area contributed by atoms with E-state index in [9.17, 15) is 4.79 Å². The first-order valence-electron chi connectivity index (χ1n) is 6.50. The second kappa shape index (κ2) is 5.55. The molecule has 0 aliphatic heterocycles. The molecular weight excluding hydrogens is 224 g/mol. The molecule has 2 nitrogen and oxygen atoms in total. The van der Waals surface area contributed by atoms with E-state index in [4.69, 9.17) is 4.74 Å². The van der Waals surface area contributed by atoms with Crippen LogP contribution in [0.1, 0.15) is 53.0 Å². The molecule has 0 N–H and O–H groups in total. The van der Waals surface area contributed by atoms with Gasteiger partial charge < -0.3 is 4.74 Å². The van der Waals surface area contributed by atoms with Crippen molar-refractivity contribution >= 4 is 5.97 Å². The summed E-state index contributed by atoms with van der Waals surface area (Å²) in [5.41, 5.74) is -0.131. The zero-order valence-electron chi connectivity index (χ0n) is 12.0. The Morgan fingerprint density at radius 3 is 2.39 bits per heavy atom. The van der Waals surface area contributed by atoms with Crippen LogP contribution in [-0.4, -0.2) is 5.97 Å². The van der Waals surface area contributed by atoms with Gasteiger partial charge in [-0.25, -0.2) is 0 Å². The van der Waals surface area contributed by atoms with E-state index in [0.29, 0.717) is 0 Å². The Bertz CT molecular complexity index is 389. The van der Waals surface area contributed by atoms with Gasteiger partial charge in [0.05, 0.1) is 5.41 Å². The highest BCUT2D eigenvalue weighted by molar-refractivity contribution is 5.76. The van der Waals surface area contributed by atoms with Crippen LogP contribution < -0.4 is 0 Å². The lowest BCUT2D eigenvalue weighted by Crippen LogP contribution is -2.34. The van der Waals surface area contributed by atoms with Crippen LogP contribution >= 0.6 is 0 Å². The molecule has 0 fully saturated rings. The largest absolute Gasteiger partial charge is 0.454 e. The minimum Gasteiger partial charge on any atom is -0.454 e. The van der Waals surface area contributed by atoms with Crippen LogP contribution in [0.5, 0.6) is 0 Å². The second-order valence-electron chi connectivity index (χ2n) is 5.90. The summed E-state index contributed by atoms with van der Waals surface area (Å²) in [5, 5.41) is 0. The monoisotopic (exact) mass is 247 g/mol. The fourth-order valence-electron chi connectivity index (χ4n) is 1.80. The van der Waals surface area contributed by atoms with Gasteiger partial charge in [-0.3, -0.25) is 4.79 Å². The smallest absolute Gasteiger partial charge is 0.312 e. The molecule has 1 aromatic carbocycles. The number of hydrogen-bond acceptors (Lipinski definition) is 2. The predicted octanol–water partition coefficient (Wildman–Crippen LogP) is 4.09. The molecule has 2 heteroatoms. The van der Waals surface area contributed by atoms with Gasteiger partial charge in [-0.2, -0.15) is 0 Å². The average Bonchev–Trinajstić information content (AvgIpc) is 2.29. The van der Waals surface area contributed by atoms with E-state index in [2.05, 4.69) is 13.0 Å². The number of carbonyl (C=O) groups excluding carboxylic acids is 1. The normalized spacial score (nSPS) is 14.9. The third-order valence-electron chi connectivity index (χ3n) is 2.94. The molecule has 0 heterocycles. The summed E-state index contributed by atoms with van der Waals surface area (Å²) < 4.78 is 5.76. The van der Waals surface area contributed by atoms with Crippen molar-refractivity contribution in [3.63, 3.8) is 0 Å². The van der Waals surface area contributed by atoms with Crippen LogP contribution in [0, 0.1) is 11.5 Å². The van der Waals surface area contributed by atoms with Crippen molar-refractivity contribution in [1.29, 1.82) is 0 Å². The van der Waals surface area contributed by atoms with E-state index in [1.54, 1.807) is 0 Å². The van der Waals surface area contributed by atoms with Gasteiger partial charge in [0.2, 0.25) is 0 Å². The number of esters is 1. The fourth-order valence-corrected chi connectivity index (χ4v) is 1.80. The fraction of sp³-hybridized carbons (Fsp3) is 0.562. The van der Waals surface area contributed by atoms with Crippen LogP contribution in [0.2, 0.25) is 0 Å². The first kappa shape index (κ1) is 14.7. The maximum absolute atomic E-state index is 12.1. The lowest BCUT2D eigenvalue weighted by molar-refractivity contribution is -0.170. The van der Waals surface area contributed by atoms with Crippen molar-refractivity contribution < 1.29 is 9.53 Å². The molecule has 0 saturated carbocycles. The third-order valence-corrected chi connectivity index (χ3v) is 2.94. The summed E-state index contributed by atoms with van der Waals surface area (Å²) in [6.45, 7) is 9.67. The van der Waals surface area contributed by atoms with E-state index in [0.717, 1.165) is 18.4 Å². The maximum atomic E-state index is 12.1. The van der Waals surface area contributed by atoms with E-state index >= 15 is 0 Å². The molecule has 0 bridgehead atoms. The van der Waals surface area contributed by atoms with Crippen LogP contribution in [0.25, 0.3) is 0 Å². The highest BCUT2D eigenvalue weighted by Gasteiger charge is 2.34. The zero-order chi connectivity index (χ0) is 13.8. The molecule has 0 amide bonds. The summed E-state index contributed by atoms with van der Waals surface area (Å²) in [4.78, 5) is 12.1. The van der Waals surface area contributed by atoms with E-state index in [1.807, 2.05) is 52.0 Å². The quantitative estimate of drug-likeness (QED) is 0.749. The second-order valence-corrected chi connectivity index (χ2v) is 5.90. The van der Waals surface area contributed by atoms with E-state index in [1.165, 1.54) is 0 Å². The van der Waals surface area contributed by atoms with Crippen molar-refractivity contribution in [3.8, 4) is 0 Å². The van der Waals surface area contributed by atoms with Crippen molar-refractivity contribution in [3.05, 3.63) is 35.9 Å². The molecule has 1 rings (SSSR count). The molecule has 18 heavy (non-hydrogen) atoms. The average molecular weight is 247 g/mol. The van der Waals surface area contributed by atoms with Gasteiger partial charge in [0, 0.05) is 5.56 Å². The van der Waals surface area contributed by atoms with Crippen molar-refractivity contribution in [2.75, 3.05) is 0 Å². The van der Waals surface area contributed by atoms with Gasteiger partial charge in [-0.05, 0) is 40.2 Å². The first-order valence-corrected chi connectivity index (χ1v) is 6.50. The van der Waals surface area contributed by atoms with Crippen LogP contribution in [0.15, 0.2) is 24.3 Å². The van der Waals surface area contributed by atoms with Crippen molar-refractivity contribution in [2.24, 2.45) is 5.41 Å². The Hall–Kier alpha value is -1.31. The number of ether oxygens (including phenoxy) is 1. The highest BCUT2D eigenvalue weighted by atomic mass is 16.6. The topological polar surface area (TPSA) is 26.3 Å². The minimum absolute atomic E-state index is 0.171. The number of hydrogen-bond donors (Lipinski definition) is 0. The third kappa shape index (κ3) is 3.59.